The third kappa shape index (κ3) is 4.94. The van der Waals surface area contributed by atoms with Gasteiger partial charge in [0.05, 0.1) is 0 Å². The maximum Gasteiger partial charge on any atom is 0.0348 e. The quantitative estimate of drug-likeness (QED) is 0.662. The number of hydrogen-bond acceptors (Lipinski definition) is 1. The van der Waals surface area contributed by atoms with Gasteiger partial charge in [-0.3, -0.25) is 0 Å². The van der Waals surface area contributed by atoms with E-state index >= 15 is 0 Å². The molecule has 1 aliphatic carbocycles. The molecule has 1 atom stereocenters. The lowest BCUT2D eigenvalue weighted by Gasteiger charge is -2.31. The van der Waals surface area contributed by atoms with E-state index in [4.69, 9.17) is 0 Å². The van der Waals surface area contributed by atoms with Gasteiger partial charge in [-0.25, -0.2) is 0 Å². The Morgan fingerprint density at radius 2 is 1.75 bits per heavy atom. The van der Waals surface area contributed by atoms with Gasteiger partial charge >= 0.3 is 0 Å². The number of nitrogens with one attached hydrogen (secondary N) is 1. The predicted octanol–water partition coefficient (Wildman–Crippen LogP) is 5.33. The Hall–Kier alpha value is -0.820. The smallest absolute Gasteiger partial charge is 0.0348 e. The van der Waals surface area contributed by atoms with Gasteiger partial charge in [0.15, 0.2) is 0 Å². The molecule has 0 aliphatic heterocycles. The van der Waals surface area contributed by atoms with E-state index in [-0.39, 0.29) is 0 Å². The van der Waals surface area contributed by atoms with Crippen LogP contribution >= 0.6 is 0 Å². The van der Waals surface area contributed by atoms with Crippen molar-refractivity contribution in [3.63, 3.8) is 0 Å². The van der Waals surface area contributed by atoms with Crippen molar-refractivity contribution in [2.75, 3.05) is 6.54 Å². The van der Waals surface area contributed by atoms with Crippen LogP contribution in [0.5, 0.6) is 0 Å². The molecule has 0 amide bonds. The maximum atomic E-state index is 3.86. The van der Waals surface area contributed by atoms with Crippen LogP contribution in [0.2, 0.25) is 0 Å². The normalized spacial score (nSPS) is 18.4. The molecule has 0 bridgehead atoms. The molecule has 112 valence electrons. The maximum absolute atomic E-state index is 3.86. The highest BCUT2D eigenvalue weighted by Crippen LogP contribution is 2.34. The van der Waals surface area contributed by atoms with Crippen molar-refractivity contribution < 1.29 is 0 Å². The first-order valence-electron chi connectivity index (χ1n) is 8.55. The van der Waals surface area contributed by atoms with Crippen molar-refractivity contribution in [2.45, 2.75) is 64.8 Å². The first-order chi connectivity index (χ1) is 9.77. The van der Waals surface area contributed by atoms with Crippen LogP contribution in [-0.2, 0) is 0 Å². The summed E-state index contributed by atoms with van der Waals surface area (Å²) < 4.78 is 0. The van der Waals surface area contributed by atoms with Gasteiger partial charge in [-0.1, -0.05) is 63.4 Å². The fourth-order valence-electron chi connectivity index (χ4n) is 3.45. The van der Waals surface area contributed by atoms with Crippen LogP contribution in [0.4, 0.5) is 0 Å². The number of benzene rings is 1. The highest BCUT2D eigenvalue weighted by Gasteiger charge is 2.24. The Labute approximate surface area is 125 Å². The van der Waals surface area contributed by atoms with Gasteiger partial charge in [0, 0.05) is 6.04 Å². The topological polar surface area (TPSA) is 12.0 Å². The third-order valence-electron chi connectivity index (χ3n) is 4.60. The van der Waals surface area contributed by atoms with Gasteiger partial charge < -0.3 is 5.32 Å². The van der Waals surface area contributed by atoms with E-state index < -0.39 is 0 Å². The summed E-state index contributed by atoms with van der Waals surface area (Å²) in [6, 6.07) is 11.7. The Morgan fingerprint density at radius 1 is 1.05 bits per heavy atom. The monoisotopic (exact) mass is 273 g/mol. The van der Waals surface area contributed by atoms with Crippen LogP contribution in [0.3, 0.4) is 0 Å². The molecule has 0 aromatic heterocycles. The number of rotatable bonds is 7. The van der Waals surface area contributed by atoms with E-state index in [0.29, 0.717) is 6.04 Å². The largest absolute Gasteiger partial charge is 0.310 e. The van der Waals surface area contributed by atoms with E-state index in [9.17, 15) is 0 Å². The van der Waals surface area contributed by atoms with E-state index in [1.54, 1.807) is 0 Å². The van der Waals surface area contributed by atoms with E-state index in [1.165, 1.54) is 50.5 Å². The van der Waals surface area contributed by atoms with Gasteiger partial charge in [0.1, 0.15) is 0 Å². The van der Waals surface area contributed by atoms with Gasteiger partial charge in [-0.15, -0.1) is 0 Å². The first kappa shape index (κ1) is 15.6. The molecular formula is C19H31N. The van der Waals surface area contributed by atoms with E-state index in [2.05, 4.69) is 49.5 Å². The molecule has 0 saturated heterocycles. The fraction of sp³-hybridized carbons (Fsp3) is 0.684. The molecule has 0 radical (unpaired) electrons. The highest BCUT2D eigenvalue weighted by atomic mass is 14.9. The molecule has 2 rings (SSSR count). The summed E-state index contributed by atoms with van der Waals surface area (Å²) >= 11 is 0. The summed E-state index contributed by atoms with van der Waals surface area (Å²) in [4.78, 5) is 0. The third-order valence-corrected chi connectivity index (χ3v) is 4.60. The van der Waals surface area contributed by atoms with Crippen LogP contribution in [0, 0.1) is 11.8 Å². The van der Waals surface area contributed by atoms with Gasteiger partial charge in [-0.05, 0) is 49.6 Å². The van der Waals surface area contributed by atoms with Crippen molar-refractivity contribution in [1.82, 2.24) is 5.32 Å². The first-order valence-corrected chi connectivity index (χ1v) is 8.55. The van der Waals surface area contributed by atoms with Crippen LogP contribution in [-0.4, -0.2) is 6.54 Å². The predicted molar refractivity (Wildman–Crippen MR) is 87.8 cm³/mol. The fourth-order valence-corrected chi connectivity index (χ4v) is 3.45. The van der Waals surface area contributed by atoms with Crippen molar-refractivity contribution in [3.05, 3.63) is 35.9 Å². The Kier molecular flexibility index (Phi) is 6.59. The molecule has 0 heterocycles. The minimum atomic E-state index is 0.573. The zero-order chi connectivity index (χ0) is 14.2. The van der Waals surface area contributed by atoms with E-state index in [0.717, 1.165) is 18.4 Å². The van der Waals surface area contributed by atoms with Crippen molar-refractivity contribution in [2.24, 2.45) is 11.8 Å². The minimum absolute atomic E-state index is 0.573. The Balaban J connectivity index is 1.93. The van der Waals surface area contributed by atoms with Crippen LogP contribution in [0.25, 0.3) is 0 Å². The Morgan fingerprint density at radius 3 is 2.40 bits per heavy atom. The Bertz CT molecular complexity index is 351. The lowest BCUT2D eigenvalue weighted by molar-refractivity contribution is 0.269. The summed E-state index contributed by atoms with van der Waals surface area (Å²) in [6.45, 7) is 5.79. The molecule has 1 unspecified atom stereocenters. The second-order valence-corrected chi connectivity index (χ2v) is 6.78. The second-order valence-electron chi connectivity index (χ2n) is 6.78. The van der Waals surface area contributed by atoms with Gasteiger partial charge in [0.2, 0.25) is 0 Å². The highest BCUT2D eigenvalue weighted by molar-refractivity contribution is 5.19. The molecule has 1 nitrogen and oxygen atoms in total. The molecule has 1 N–H and O–H groups in total. The summed E-state index contributed by atoms with van der Waals surface area (Å²) in [6.07, 6.45) is 9.70. The average molecular weight is 273 g/mol. The van der Waals surface area contributed by atoms with Crippen LogP contribution < -0.4 is 5.32 Å². The molecular weight excluding hydrogens is 242 g/mol. The number of hydrogen-bond donors (Lipinski definition) is 1. The van der Waals surface area contributed by atoms with E-state index in [1.807, 2.05) is 0 Å². The van der Waals surface area contributed by atoms with Crippen molar-refractivity contribution >= 4 is 0 Å². The standard InChI is InChI=1S/C19H31N/c1-16(2)10-9-15-20-19(17-11-5-3-6-12-17)18-13-7-4-8-14-18/h3,5-6,11-12,16,18-20H,4,7-10,13-15H2,1-2H3. The van der Waals surface area contributed by atoms with Crippen molar-refractivity contribution in [3.8, 4) is 0 Å². The lowest BCUT2D eigenvalue weighted by Crippen LogP contribution is -2.30. The molecule has 0 spiro atoms. The molecule has 1 saturated carbocycles. The van der Waals surface area contributed by atoms with Crippen LogP contribution in [0.1, 0.15) is 70.4 Å². The minimum Gasteiger partial charge on any atom is -0.310 e. The summed E-state index contributed by atoms with van der Waals surface area (Å²) in [5, 5.41) is 3.86. The molecule has 1 heteroatoms. The summed E-state index contributed by atoms with van der Waals surface area (Å²) in [5.41, 5.74) is 1.49. The molecule has 1 aromatic rings. The zero-order valence-electron chi connectivity index (χ0n) is 13.3. The lowest BCUT2D eigenvalue weighted by atomic mass is 9.81. The summed E-state index contributed by atoms with van der Waals surface area (Å²) in [5.74, 6) is 1.66. The van der Waals surface area contributed by atoms with Crippen molar-refractivity contribution in [1.29, 1.82) is 0 Å². The SMILES string of the molecule is CC(C)CCCNC(c1ccccc1)C1CCCCC1. The summed E-state index contributed by atoms with van der Waals surface area (Å²) in [7, 11) is 0. The average Bonchev–Trinajstić information content (AvgIpc) is 2.49. The van der Waals surface area contributed by atoms with Crippen LogP contribution in [0.15, 0.2) is 30.3 Å². The zero-order valence-corrected chi connectivity index (χ0v) is 13.3. The molecule has 1 aromatic carbocycles. The second kappa shape index (κ2) is 8.46. The molecule has 20 heavy (non-hydrogen) atoms. The van der Waals surface area contributed by atoms with Gasteiger partial charge in [-0.2, -0.15) is 0 Å². The van der Waals surface area contributed by atoms with Gasteiger partial charge in [0.25, 0.3) is 0 Å². The molecule has 1 aliphatic rings. The molecule has 1 fully saturated rings.